The molecule has 4 nitrogen and oxygen atoms in total. The highest BCUT2D eigenvalue weighted by atomic mass is 32.1. The Morgan fingerprint density at radius 1 is 1.00 bits per heavy atom. The van der Waals surface area contributed by atoms with Crippen molar-refractivity contribution in [2.24, 2.45) is 10.9 Å². The van der Waals surface area contributed by atoms with E-state index in [2.05, 4.69) is 46.0 Å². The summed E-state index contributed by atoms with van der Waals surface area (Å²) < 4.78 is 2.24. The van der Waals surface area contributed by atoms with Crippen LogP contribution < -0.4 is 0 Å². The SMILES string of the molecule is Cc1nnc2n1-c1sc3c(c1C(c1ccc(CCC4CCCCC4)cc1)=NC2)CCC3. The van der Waals surface area contributed by atoms with Gasteiger partial charge in [-0.15, -0.1) is 21.5 Å². The molecule has 5 heteroatoms. The van der Waals surface area contributed by atoms with E-state index in [1.807, 2.05) is 11.3 Å². The van der Waals surface area contributed by atoms with Gasteiger partial charge >= 0.3 is 0 Å². The Balaban J connectivity index is 1.31. The van der Waals surface area contributed by atoms with Crippen LogP contribution in [0.1, 0.15) is 83.7 Å². The van der Waals surface area contributed by atoms with Crippen molar-refractivity contribution >= 4 is 17.0 Å². The lowest BCUT2D eigenvalue weighted by Crippen LogP contribution is -2.09. The summed E-state index contributed by atoms with van der Waals surface area (Å²) in [5, 5.41) is 10.0. The standard InChI is InChI=1S/C26H30N4S/c1-17-28-29-23-16-27-25(24-21-8-5-9-22(21)31-26(24)30(17)23)20-14-12-19(13-15-20)11-10-18-6-3-2-4-7-18/h12-15,18H,2-11,16H2,1H3. The van der Waals surface area contributed by atoms with Gasteiger partial charge in [0.05, 0.1) is 5.71 Å². The fourth-order valence-corrected chi connectivity index (χ4v) is 7.16. The zero-order valence-electron chi connectivity index (χ0n) is 18.4. The Hall–Kier alpha value is -2.27. The molecule has 0 unspecified atom stereocenters. The van der Waals surface area contributed by atoms with Gasteiger partial charge in [0, 0.05) is 16.0 Å². The number of hydrogen-bond donors (Lipinski definition) is 0. The minimum Gasteiger partial charge on any atom is -0.276 e. The minimum atomic E-state index is 0.593. The van der Waals surface area contributed by atoms with E-state index in [4.69, 9.17) is 4.99 Å². The second-order valence-electron chi connectivity index (χ2n) is 9.44. The Bertz CT molecular complexity index is 1130. The fourth-order valence-electron chi connectivity index (χ4n) is 5.70. The molecule has 1 aromatic carbocycles. The van der Waals surface area contributed by atoms with Gasteiger partial charge in [0.2, 0.25) is 0 Å². The van der Waals surface area contributed by atoms with Crippen LogP contribution in [-0.4, -0.2) is 20.5 Å². The molecule has 31 heavy (non-hydrogen) atoms. The molecule has 3 aromatic rings. The van der Waals surface area contributed by atoms with Crippen LogP contribution in [0, 0.1) is 12.8 Å². The molecule has 0 bridgehead atoms. The van der Waals surface area contributed by atoms with Crippen molar-refractivity contribution < 1.29 is 0 Å². The van der Waals surface area contributed by atoms with Crippen LogP contribution in [0.25, 0.3) is 5.00 Å². The van der Waals surface area contributed by atoms with E-state index in [0.717, 1.165) is 29.7 Å². The van der Waals surface area contributed by atoms with E-state index in [9.17, 15) is 0 Å². The average Bonchev–Trinajstić information content (AvgIpc) is 3.47. The average molecular weight is 431 g/mol. The lowest BCUT2D eigenvalue weighted by molar-refractivity contribution is 0.339. The van der Waals surface area contributed by atoms with Gasteiger partial charge in [0.1, 0.15) is 17.4 Å². The third-order valence-electron chi connectivity index (χ3n) is 7.41. The van der Waals surface area contributed by atoms with Gasteiger partial charge in [-0.25, -0.2) is 0 Å². The first-order chi connectivity index (χ1) is 15.3. The first kappa shape index (κ1) is 19.4. The molecule has 0 atom stereocenters. The van der Waals surface area contributed by atoms with Gasteiger partial charge in [0.25, 0.3) is 0 Å². The quantitative estimate of drug-likeness (QED) is 0.510. The van der Waals surface area contributed by atoms with Crippen molar-refractivity contribution in [3.05, 3.63) is 63.0 Å². The molecule has 3 heterocycles. The first-order valence-electron chi connectivity index (χ1n) is 12.0. The molecule has 1 saturated carbocycles. The molecule has 0 amide bonds. The number of aromatic nitrogens is 3. The molecule has 0 saturated heterocycles. The lowest BCUT2D eigenvalue weighted by atomic mass is 9.85. The van der Waals surface area contributed by atoms with Gasteiger partial charge in [-0.3, -0.25) is 9.56 Å². The topological polar surface area (TPSA) is 43.1 Å². The molecule has 0 spiro atoms. The molecule has 2 aromatic heterocycles. The van der Waals surface area contributed by atoms with Gasteiger partial charge in [-0.2, -0.15) is 0 Å². The van der Waals surface area contributed by atoms with Crippen LogP contribution in [0.15, 0.2) is 29.3 Å². The predicted molar refractivity (Wildman–Crippen MR) is 127 cm³/mol. The van der Waals surface area contributed by atoms with Crippen LogP contribution in [0.2, 0.25) is 0 Å². The highest BCUT2D eigenvalue weighted by Gasteiger charge is 2.30. The Labute approximate surface area is 188 Å². The van der Waals surface area contributed by atoms with Crippen LogP contribution in [0.4, 0.5) is 0 Å². The van der Waals surface area contributed by atoms with Crippen LogP contribution in [0.5, 0.6) is 0 Å². The number of fused-ring (bicyclic) bond motifs is 5. The molecule has 6 rings (SSSR count). The molecule has 2 aliphatic carbocycles. The Morgan fingerprint density at radius 2 is 1.84 bits per heavy atom. The zero-order chi connectivity index (χ0) is 20.8. The second-order valence-corrected chi connectivity index (χ2v) is 10.5. The predicted octanol–water partition coefficient (Wildman–Crippen LogP) is 5.99. The van der Waals surface area contributed by atoms with Crippen molar-refractivity contribution in [1.29, 1.82) is 0 Å². The summed E-state index contributed by atoms with van der Waals surface area (Å²) in [6.07, 6.45) is 13.3. The maximum Gasteiger partial charge on any atom is 0.160 e. The highest BCUT2D eigenvalue weighted by Crippen LogP contribution is 2.41. The largest absolute Gasteiger partial charge is 0.276 e. The van der Waals surface area contributed by atoms with Crippen molar-refractivity contribution in [1.82, 2.24) is 14.8 Å². The van der Waals surface area contributed by atoms with Gasteiger partial charge < -0.3 is 0 Å². The van der Waals surface area contributed by atoms with E-state index in [1.54, 1.807) is 0 Å². The maximum absolute atomic E-state index is 5.09. The normalized spacial score (nSPS) is 18.3. The van der Waals surface area contributed by atoms with E-state index in [0.29, 0.717) is 6.54 Å². The minimum absolute atomic E-state index is 0.593. The third kappa shape index (κ3) is 3.47. The summed E-state index contributed by atoms with van der Waals surface area (Å²) >= 11 is 1.93. The molecular formula is C26H30N4S. The molecule has 3 aliphatic rings. The monoisotopic (exact) mass is 430 g/mol. The third-order valence-corrected chi connectivity index (χ3v) is 8.68. The molecule has 0 N–H and O–H groups in total. The van der Waals surface area contributed by atoms with Crippen molar-refractivity contribution in [3.63, 3.8) is 0 Å². The number of thiophene rings is 1. The van der Waals surface area contributed by atoms with Gasteiger partial charge in [-0.05, 0) is 56.1 Å². The Kier molecular flexibility index (Phi) is 5.02. The number of hydrogen-bond acceptors (Lipinski definition) is 4. The summed E-state index contributed by atoms with van der Waals surface area (Å²) in [5.74, 6) is 2.86. The number of aryl methyl sites for hydroxylation is 3. The number of nitrogens with zero attached hydrogens (tertiary/aromatic N) is 4. The lowest BCUT2D eigenvalue weighted by Gasteiger charge is -2.21. The number of rotatable bonds is 4. The second kappa shape index (κ2) is 8.01. The fraction of sp³-hybridized carbons (Fsp3) is 0.500. The van der Waals surface area contributed by atoms with Gasteiger partial charge in [-0.1, -0.05) is 56.4 Å². The Morgan fingerprint density at radius 3 is 2.68 bits per heavy atom. The molecular weight excluding hydrogens is 400 g/mol. The molecule has 160 valence electrons. The van der Waals surface area contributed by atoms with E-state index in [1.165, 1.54) is 89.9 Å². The number of aliphatic imine (C=N–C) groups is 1. The van der Waals surface area contributed by atoms with Crippen molar-refractivity contribution in [2.45, 2.75) is 77.7 Å². The summed E-state index contributed by atoms with van der Waals surface area (Å²) in [6.45, 7) is 2.65. The van der Waals surface area contributed by atoms with Crippen LogP contribution in [-0.2, 0) is 25.8 Å². The van der Waals surface area contributed by atoms with E-state index < -0.39 is 0 Å². The highest BCUT2D eigenvalue weighted by molar-refractivity contribution is 7.15. The summed E-state index contributed by atoms with van der Waals surface area (Å²) in [6, 6.07) is 9.28. The summed E-state index contributed by atoms with van der Waals surface area (Å²) in [5.41, 5.74) is 6.71. The molecule has 1 aliphatic heterocycles. The smallest absolute Gasteiger partial charge is 0.160 e. The molecule has 1 fully saturated rings. The maximum atomic E-state index is 5.09. The van der Waals surface area contributed by atoms with Gasteiger partial charge in [0.15, 0.2) is 5.82 Å². The van der Waals surface area contributed by atoms with Crippen molar-refractivity contribution in [3.8, 4) is 5.00 Å². The summed E-state index contributed by atoms with van der Waals surface area (Å²) in [4.78, 5) is 6.62. The zero-order valence-corrected chi connectivity index (χ0v) is 19.2. The van der Waals surface area contributed by atoms with E-state index >= 15 is 0 Å². The first-order valence-corrected chi connectivity index (χ1v) is 12.8. The van der Waals surface area contributed by atoms with E-state index in [-0.39, 0.29) is 0 Å². The number of benzene rings is 1. The van der Waals surface area contributed by atoms with Crippen LogP contribution >= 0.6 is 11.3 Å². The molecule has 0 radical (unpaired) electrons. The van der Waals surface area contributed by atoms with Crippen molar-refractivity contribution in [2.75, 3.05) is 0 Å². The van der Waals surface area contributed by atoms with Crippen LogP contribution in [0.3, 0.4) is 0 Å². The summed E-state index contributed by atoms with van der Waals surface area (Å²) in [7, 11) is 0.